The number of rotatable bonds is 4. The van der Waals surface area contributed by atoms with Crippen LogP contribution in [-0.4, -0.2) is 30.0 Å². The predicted octanol–water partition coefficient (Wildman–Crippen LogP) is 3.99. The molecule has 0 atom stereocenters. The molecule has 0 bridgehead atoms. The van der Waals surface area contributed by atoms with E-state index in [2.05, 4.69) is 36.4 Å². The average molecular weight is 416 g/mol. The van der Waals surface area contributed by atoms with Crippen molar-refractivity contribution in [2.24, 2.45) is 0 Å². The van der Waals surface area contributed by atoms with E-state index in [1.807, 2.05) is 54.7 Å². The number of nitrogens with zero attached hydrogens (tertiary/aromatic N) is 6. The van der Waals surface area contributed by atoms with Crippen LogP contribution in [0.3, 0.4) is 0 Å². The van der Waals surface area contributed by atoms with E-state index in [4.69, 9.17) is 11.6 Å². The Morgan fingerprint density at radius 2 is 1.92 bits per heavy atom. The first-order valence-corrected chi connectivity index (χ1v) is 8.68. The van der Waals surface area contributed by atoms with Gasteiger partial charge >= 0.3 is 0 Å². The summed E-state index contributed by atoms with van der Waals surface area (Å²) in [5, 5.41) is 17.7. The van der Waals surface area contributed by atoms with Crippen LogP contribution in [0.25, 0.3) is 17.1 Å². The summed E-state index contributed by atoms with van der Waals surface area (Å²) in [6.07, 6.45) is 3.56. The highest BCUT2D eigenvalue weighted by Gasteiger charge is 2.10. The molecule has 25 heavy (non-hydrogen) atoms. The first-order chi connectivity index (χ1) is 12.2. The molecule has 4 aromatic rings. The van der Waals surface area contributed by atoms with Crippen molar-refractivity contribution in [2.75, 3.05) is 0 Å². The smallest absolute Gasteiger partial charge is 0.208 e. The van der Waals surface area contributed by atoms with Gasteiger partial charge in [0.2, 0.25) is 5.82 Å². The summed E-state index contributed by atoms with van der Waals surface area (Å²) < 4.78 is 2.77. The first-order valence-electron chi connectivity index (χ1n) is 7.51. The Labute approximate surface area is 157 Å². The quantitative estimate of drug-likeness (QED) is 0.506. The standard InChI is InChI=1S/C17H12BrClN6/c18-14-6-4-12(5-7-14)10-25-22-17(21-23-25)13-9-20-24(11-13)16-3-1-2-15(19)8-16/h1-9,11H,10H2. The van der Waals surface area contributed by atoms with Crippen LogP contribution in [-0.2, 0) is 6.54 Å². The molecule has 0 aliphatic carbocycles. The Morgan fingerprint density at radius 3 is 2.72 bits per heavy atom. The molecule has 0 radical (unpaired) electrons. The van der Waals surface area contributed by atoms with Crippen molar-refractivity contribution < 1.29 is 0 Å². The van der Waals surface area contributed by atoms with Gasteiger partial charge in [-0.15, -0.1) is 10.2 Å². The molecule has 0 fully saturated rings. The number of benzene rings is 2. The fraction of sp³-hybridized carbons (Fsp3) is 0.0588. The minimum atomic E-state index is 0.533. The molecule has 2 aromatic carbocycles. The van der Waals surface area contributed by atoms with Gasteiger partial charge in [-0.1, -0.05) is 45.7 Å². The van der Waals surface area contributed by atoms with Gasteiger partial charge in [0, 0.05) is 15.7 Å². The highest BCUT2D eigenvalue weighted by Crippen LogP contribution is 2.18. The lowest BCUT2D eigenvalue weighted by atomic mass is 10.2. The zero-order chi connectivity index (χ0) is 17.2. The maximum Gasteiger partial charge on any atom is 0.208 e. The van der Waals surface area contributed by atoms with Gasteiger partial charge in [-0.05, 0) is 41.1 Å². The summed E-state index contributed by atoms with van der Waals surface area (Å²) in [5.41, 5.74) is 2.77. The number of halogens is 2. The maximum atomic E-state index is 6.03. The van der Waals surface area contributed by atoms with Crippen LogP contribution in [0.15, 0.2) is 65.4 Å². The molecule has 6 nitrogen and oxygen atoms in total. The van der Waals surface area contributed by atoms with Crippen LogP contribution in [0.5, 0.6) is 0 Å². The normalized spacial score (nSPS) is 11.0. The second-order valence-corrected chi connectivity index (χ2v) is 6.78. The minimum Gasteiger partial charge on any atom is -0.240 e. The second-order valence-electron chi connectivity index (χ2n) is 5.42. The van der Waals surface area contributed by atoms with Gasteiger partial charge in [-0.3, -0.25) is 0 Å². The summed E-state index contributed by atoms with van der Waals surface area (Å²) in [6.45, 7) is 0.558. The fourth-order valence-corrected chi connectivity index (χ4v) is 2.83. The van der Waals surface area contributed by atoms with Gasteiger partial charge in [0.25, 0.3) is 0 Å². The van der Waals surface area contributed by atoms with E-state index < -0.39 is 0 Å². The third-order valence-electron chi connectivity index (χ3n) is 3.60. The third-order valence-corrected chi connectivity index (χ3v) is 4.37. The minimum absolute atomic E-state index is 0.533. The molecule has 0 aliphatic heterocycles. The fourth-order valence-electron chi connectivity index (χ4n) is 2.38. The molecule has 0 N–H and O–H groups in total. The van der Waals surface area contributed by atoms with E-state index in [0.717, 1.165) is 21.3 Å². The zero-order valence-electron chi connectivity index (χ0n) is 12.9. The maximum absolute atomic E-state index is 6.03. The Hall–Kier alpha value is -2.51. The van der Waals surface area contributed by atoms with Crippen molar-refractivity contribution >= 4 is 27.5 Å². The van der Waals surface area contributed by atoms with E-state index in [-0.39, 0.29) is 0 Å². The van der Waals surface area contributed by atoms with Crippen molar-refractivity contribution in [3.63, 3.8) is 0 Å². The van der Waals surface area contributed by atoms with Crippen LogP contribution in [0.2, 0.25) is 5.02 Å². The topological polar surface area (TPSA) is 61.4 Å². The SMILES string of the molecule is Clc1cccc(-n2cc(-c3nnn(Cc4ccc(Br)cc4)n3)cn2)c1. The van der Waals surface area contributed by atoms with Gasteiger partial charge < -0.3 is 0 Å². The molecule has 124 valence electrons. The van der Waals surface area contributed by atoms with Crippen molar-refractivity contribution in [1.82, 2.24) is 30.0 Å². The largest absolute Gasteiger partial charge is 0.240 e. The van der Waals surface area contributed by atoms with Crippen molar-refractivity contribution in [1.29, 1.82) is 0 Å². The summed E-state index contributed by atoms with van der Waals surface area (Å²) in [7, 11) is 0. The molecule has 0 amide bonds. The molecular formula is C17H12BrClN6. The molecule has 0 unspecified atom stereocenters. The lowest BCUT2D eigenvalue weighted by Crippen LogP contribution is -2.03. The van der Waals surface area contributed by atoms with Crippen LogP contribution < -0.4 is 0 Å². The Balaban J connectivity index is 1.55. The highest BCUT2D eigenvalue weighted by atomic mass is 79.9. The van der Waals surface area contributed by atoms with Gasteiger partial charge in [-0.2, -0.15) is 9.90 Å². The Bertz CT molecular complexity index is 1010. The zero-order valence-corrected chi connectivity index (χ0v) is 15.3. The number of hydrogen-bond donors (Lipinski definition) is 0. The third kappa shape index (κ3) is 3.62. The van der Waals surface area contributed by atoms with Crippen LogP contribution in [0, 0.1) is 0 Å². The van der Waals surface area contributed by atoms with E-state index in [0.29, 0.717) is 17.4 Å². The average Bonchev–Trinajstić information content (AvgIpc) is 3.26. The highest BCUT2D eigenvalue weighted by molar-refractivity contribution is 9.10. The van der Waals surface area contributed by atoms with Crippen molar-refractivity contribution in [3.05, 3.63) is 76.0 Å². The molecule has 4 rings (SSSR count). The van der Waals surface area contributed by atoms with Crippen LogP contribution in [0.4, 0.5) is 0 Å². The van der Waals surface area contributed by atoms with Crippen LogP contribution >= 0.6 is 27.5 Å². The van der Waals surface area contributed by atoms with Crippen molar-refractivity contribution in [2.45, 2.75) is 6.54 Å². The predicted molar refractivity (Wildman–Crippen MR) is 98.6 cm³/mol. The van der Waals surface area contributed by atoms with Gasteiger partial charge in [0.15, 0.2) is 0 Å². The summed E-state index contributed by atoms with van der Waals surface area (Å²) in [5.74, 6) is 0.533. The second kappa shape index (κ2) is 6.78. The Kier molecular flexibility index (Phi) is 4.33. The van der Waals surface area contributed by atoms with E-state index >= 15 is 0 Å². The van der Waals surface area contributed by atoms with Crippen molar-refractivity contribution in [3.8, 4) is 17.1 Å². The summed E-state index contributed by atoms with van der Waals surface area (Å²) >= 11 is 9.45. The molecule has 0 saturated carbocycles. The molecule has 0 aliphatic rings. The van der Waals surface area contributed by atoms with Gasteiger partial charge in [-0.25, -0.2) is 4.68 Å². The first kappa shape index (κ1) is 16.0. The lowest BCUT2D eigenvalue weighted by Gasteiger charge is -2.00. The number of hydrogen-bond acceptors (Lipinski definition) is 4. The van der Waals surface area contributed by atoms with E-state index in [1.165, 1.54) is 0 Å². The van der Waals surface area contributed by atoms with Crippen LogP contribution in [0.1, 0.15) is 5.56 Å². The summed E-state index contributed by atoms with van der Waals surface area (Å²) in [6, 6.07) is 15.5. The monoisotopic (exact) mass is 414 g/mol. The van der Waals surface area contributed by atoms with E-state index in [1.54, 1.807) is 15.7 Å². The lowest BCUT2D eigenvalue weighted by molar-refractivity contribution is 0.573. The molecule has 0 spiro atoms. The number of tetrazole rings is 1. The molecule has 8 heteroatoms. The molecular weight excluding hydrogens is 404 g/mol. The van der Waals surface area contributed by atoms with Gasteiger partial charge in [0.05, 0.1) is 24.0 Å². The Morgan fingerprint density at radius 1 is 1.08 bits per heavy atom. The number of aromatic nitrogens is 6. The van der Waals surface area contributed by atoms with E-state index in [9.17, 15) is 0 Å². The molecule has 2 aromatic heterocycles. The molecule has 0 saturated heterocycles. The molecule has 2 heterocycles. The van der Waals surface area contributed by atoms with Gasteiger partial charge in [0.1, 0.15) is 0 Å². The summed E-state index contributed by atoms with van der Waals surface area (Å²) in [4.78, 5) is 1.56.